The smallest absolute Gasteiger partial charge is 0.338 e. The van der Waals surface area contributed by atoms with E-state index in [-0.39, 0.29) is 23.5 Å². The molecule has 1 saturated heterocycles. The van der Waals surface area contributed by atoms with Crippen LogP contribution in [0, 0.1) is 0 Å². The third-order valence-electron chi connectivity index (χ3n) is 5.78. The van der Waals surface area contributed by atoms with Crippen LogP contribution in [0.25, 0.3) is 0 Å². The first kappa shape index (κ1) is 31.7. The molecule has 0 N–H and O–H groups in total. The maximum atomic E-state index is 12.6. The van der Waals surface area contributed by atoms with Crippen LogP contribution in [0.4, 0.5) is 0 Å². The van der Waals surface area contributed by atoms with Crippen molar-refractivity contribution in [2.75, 3.05) is 6.61 Å². The van der Waals surface area contributed by atoms with Gasteiger partial charge in [-0.25, -0.2) is 4.79 Å². The van der Waals surface area contributed by atoms with Gasteiger partial charge in [-0.3, -0.25) is 24.0 Å². The van der Waals surface area contributed by atoms with Crippen molar-refractivity contribution >= 4 is 36.1 Å². The molecule has 13 heteroatoms. The molecule has 2 aromatic rings. The number of hydrogen-bond acceptors (Lipinski definition) is 13. The van der Waals surface area contributed by atoms with E-state index in [1.54, 1.807) is 24.3 Å². The molecule has 224 valence electrons. The highest BCUT2D eigenvalue weighted by molar-refractivity contribution is 5.92. The van der Waals surface area contributed by atoms with Crippen LogP contribution in [0.15, 0.2) is 48.5 Å². The average molecular weight is 587 g/mol. The highest BCUT2D eigenvalue weighted by Gasteiger charge is 2.53. The number of esters is 5. The Hall–Kier alpha value is -4.78. The molecule has 0 spiro atoms. The van der Waals surface area contributed by atoms with E-state index in [2.05, 4.69) is 0 Å². The minimum Gasteiger partial charge on any atom is -0.463 e. The van der Waals surface area contributed by atoms with Gasteiger partial charge >= 0.3 is 29.8 Å². The van der Waals surface area contributed by atoms with E-state index in [0.717, 1.165) is 33.3 Å². The summed E-state index contributed by atoms with van der Waals surface area (Å²) in [7, 11) is 0. The molecule has 1 heterocycles. The van der Waals surface area contributed by atoms with Crippen LogP contribution in [0.5, 0.6) is 5.75 Å². The zero-order valence-corrected chi connectivity index (χ0v) is 23.3. The lowest BCUT2D eigenvalue weighted by molar-refractivity contribution is -0.288. The van der Waals surface area contributed by atoms with Gasteiger partial charge in [0.25, 0.3) is 0 Å². The topological polar surface area (TPSA) is 167 Å². The molecule has 0 bridgehead atoms. The summed E-state index contributed by atoms with van der Waals surface area (Å²) in [5.74, 6) is -3.88. The van der Waals surface area contributed by atoms with Crippen molar-refractivity contribution in [3.63, 3.8) is 0 Å². The van der Waals surface area contributed by atoms with Gasteiger partial charge in [0.2, 0.25) is 12.4 Å². The molecule has 0 aliphatic carbocycles. The van der Waals surface area contributed by atoms with Crippen LogP contribution in [-0.2, 0) is 54.2 Å². The van der Waals surface area contributed by atoms with E-state index in [1.807, 2.05) is 6.07 Å². The zero-order valence-electron chi connectivity index (χ0n) is 23.3. The van der Waals surface area contributed by atoms with Crippen molar-refractivity contribution < 1.29 is 61.9 Å². The largest absolute Gasteiger partial charge is 0.463 e. The Balaban J connectivity index is 1.92. The number of aldehydes is 1. The lowest BCUT2D eigenvalue weighted by Crippen LogP contribution is -2.63. The van der Waals surface area contributed by atoms with Gasteiger partial charge in [0.1, 0.15) is 25.1 Å². The summed E-state index contributed by atoms with van der Waals surface area (Å²) < 4.78 is 38.2. The average Bonchev–Trinajstić information content (AvgIpc) is 2.93. The summed E-state index contributed by atoms with van der Waals surface area (Å²) in [4.78, 5) is 72.0. The van der Waals surface area contributed by atoms with E-state index < -0.39 is 67.2 Å². The number of ether oxygens (including phenoxy) is 7. The van der Waals surface area contributed by atoms with E-state index in [9.17, 15) is 28.8 Å². The molecule has 0 aromatic heterocycles. The first-order valence-electron chi connectivity index (χ1n) is 12.8. The quantitative estimate of drug-likeness (QED) is 0.214. The first-order valence-corrected chi connectivity index (χ1v) is 12.8. The maximum absolute atomic E-state index is 12.6. The summed E-state index contributed by atoms with van der Waals surface area (Å²) in [6, 6.07) is 12.9. The van der Waals surface area contributed by atoms with Crippen LogP contribution < -0.4 is 4.74 Å². The number of carbonyl (C=O) groups is 6. The van der Waals surface area contributed by atoms with Crippen LogP contribution in [0.3, 0.4) is 0 Å². The molecule has 13 nitrogen and oxygen atoms in total. The number of rotatable bonds is 11. The van der Waals surface area contributed by atoms with Crippen molar-refractivity contribution in [1.29, 1.82) is 0 Å². The molecule has 0 saturated carbocycles. The lowest BCUT2D eigenvalue weighted by atomic mass is 9.98. The number of hydrogen-bond donors (Lipinski definition) is 0. The van der Waals surface area contributed by atoms with Gasteiger partial charge in [-0.15, -0.1) is 0 Å². The van der Waals surface area contributed by atoms with Crippen LogP contribution in [0.1, 0.15) is 54.0 Å². The molecule has 1 aliphatic rings. The third kappa shape index (κ3) is 8.86. The minimum atomic E-state index is -1.56. The SMILES string of the molecule is CC(=O)OC[C@H]1OC(Oc2ccc(C(=O)OCc3ccccc3)cc2C=O)[C@H](OC(C)=O)[C@@H](OC(C)=O)[C@H]1OC(C)=O. The number of benzene rings is 2. The summed E-state index contributed by atoms with van der Waals surface area (Å²) in [5.41, 5.74) is 0.740. The number of carbonyl (C=O) groups excluding carboxylic acids is 6. The van der Waals surface area contributed by atoms with E-state index in [1.165, 1.54) is 18.2 Å². The second-order valence-electron chi connectivity index (χ2n) is 9.12. The molecule has 0 amide bonds. The van der Waals surface area contributed by atoms with Gasteiger partial charge in [0, 0.05) is 27.7 Å². The molecule has 1 aliphatic heterocycles. The highest BCUT2D eigenvalue weighted by atomic mass is 16.7. The van der Waals surface area contributed by atoms with Gasteiger partial charge in [0.05, 0.1) is 11.1 Å². The van der Waals surface area contributed by atoms with Crippen molar-refractivity contribution in [1.82, 2.24) is 0 Å². The van der Waals surface area contributed by atoms with Crippen LogP contribution in [-0.4, -0.2) is 73.4 Å². The fourth-order valence-corrected chi connectivity index (χ4v) is 4.09. The Kier molecular flexibility index (Phi) is 11.1. The molecule has 3 rings (SSSR count). The first-order chi connectivity index (χ1) is 20.0. The van der Waals surface area contributed by atoms with Gasteiger partial charge < -0.3 is 33.2 Å². The minimum absolute atomic E-state index is 0.0130. The molecule has 1 unspecified atom stereocenters. The predicted octanol–water partition coefficient (Wildman–Crippen LogP) is 2.32. The predicted molar refractivity (Wildman–Crippen MR) is 140 cm³/mol. The molecular weight excluding hydrogens is 556 g/mol. The van der Waals surface area contributed by atoms with Crippen molar-refractivity contribution in [2.24, 2.45) is 0 Å². The molecule has 5 atom stereocenters. The summed E-state index contributed by atoms with van der Waals surface area (Å²) in [5, 5.41) is 0. The normalized spacial score (nSPS) is 21.3. The van der Waals surface area contributed by atoms with Crippen molar-refractivity contribution in [3.05, 3.63) is 65.2 Å². The van der Waals surface area contributed by atoms with Gasteiger partial charge in [-0.2, -0.15) is 0 Å². The Labute approximate surface area is 240 Å². The zero-order chi connectivity index (χ0) is 30.8. The molecule has 0 radical (unpaired) electrons. The highest BCUT2D eigenvalue weighted by Crippen LogP contribution is 2.32. The second kappa shape index (κ2) is 14.7. The van der Waals surface area contributed by atoms with Crippen LogP contribution in [0.2, 0.25) is 0 Å². The Morgan fingerprint density at radius 1 is 0.762 bits per heavy atom. The molecular formula is C29H30O13. The second-order valence-corrected chi connectivity index (χ2v) is 9.12. The van der Waals surface area contributed by atoms with Gasteiger partial charge in [-0.1, -0.05) is 30.3 Å². The molecule has 1 fully saturated rings. The standard InChI is InChI=1S/C29H30O13/c1-16(31)36-15-24-25(38-17(2)32)26(39-18(3)33)27(40-19(4)34)29(42-24)41-23-11-10-21(12-22(23)13-30)28(35)37-14-20-8-6-5-7-9-20/h5-13,24-27,29H,14-15H2,1-4H3/t24-,25+,26+,27-,29?/m1/s1. The van der Waals surface area contributed by atoms with Crippen LogP contribution >= 0.6 is 0 Å². The third-order valence-corrected chi connectivity index (χ3v) is 5.78. The Bertz CT molecular complexity index is 1310. The van der Waals surface area contributed by atoms with Gasteiger partial charge in [-0.05, 0) is 23.8 Å². The van der Waals surface area contributed by atoms with E-state index >= 15 is 0 Å². The Morgan fingerprint density at radius 2 is 1.38 bits per heavy atom. The molecule has 2 aromatic carbocycles. The lowest BCUT2D eigenvalue weighted by Gasteiger charge is -2.44. The maximum Gasteiger partial charge on any atom is 0.338 e. The Morgan fingerprint density at radius 3 is 1.98 bits per heavy atom. The summed E-state index contributed by atoms with van der Waals surface area (Å²) in [6.07, 6.45) is -6.71. The summed E-state index contributed by atoms with van der Waals surface area (Å²) >= 11 is 0. The molecule has 42 heavy (non-hydrogen) atoms. The fourth-order valence-electron chi connectivity index (χ4n) is 4.09. The monoisotopic (exact) mass is 586 g/mol. The van der Waals surface area contributed by atoms with Crippen molar-refractivity contribution in [3.8, 4) is 5.75 Å². The van der Waals surface area contributed by atoms with E-state index in [0.29, 0.717) is 6.29 Å². The fraction of sp³-hybridized carbons (Fsp3) is 0.379. The van der Waals surface area contributed by atoms with Gasteiger partial charge in [0.15, 0.2) is 18.5 Å². The van der Waals surface area contributed by atoms with Crippen molar-refractivity contribution in [2.45, 2.75) is 65.0 Å². The van der Waals surface area contributed by atoms with E-state index in [4.69, 9.17) is 33.2 Å². The summed E-state index contributed by atoms with van der Waals surface area (Å²) in [6.45, 7) is 3.97.